The van der Waals surface area contributed by atoms with Crippen molar-refractivity contribution in [3.63, 3.8) is 0 Å². The van der Waals surface area contributed by atoms with Crippen molar-refractivity contribution >= 4 is 28.6 Å². The number of rotatable bonds is 5. The van der Waals surface area contributed by atoms with Crippen molar-refractivity contribution in [2.45, 2.75) is 0 Å². The highest BCUT2D eigenvalue weighted by atomic mass is 35.5. The maximum atomic E-state index is 10.8. The fourth-order valence-electron chi connectivity index (χ4n) is 2.26. The standard InChI is InChI=1S/C16H13ClN2O4/c1-22-13-7-9(17)6-10(15(13)23-8-14(20)21)16-18-11-4-2-3-5-12(11)19-16/h2-7H,8H2,1H3,(H,18,19)(H,20,21). The Labute approximate surface area is 136 Å². The first-order valence-electron chi connectivity index (χ1n) is 6.75. The second kappa shape index (κ2) is 6.18. The summed E-state index contributed by atoms with van der Waals surface area (Å²) in [5.41, 5.74) is 2.17. The van der Waals surface area contributed by atoms with E-state index in [9.17, 15) is 4.79 Å². The topological polar surface area (TPSA) is 84.4 Å². The van der Waals surface area contributed by atoms with Crippen molar-refractivity contribution in [3.05, 3.63) is 41.4 Å². The van der Waals surface area contributed by atoms with Crippen LogP contribution in [0.2, 0.25) is 5.02 Å². The molecule has 0 unspecified atom stereocenters. The number of benzene rings is 2. The Morgan fingerprint density at radius 2 is 2.13 bits per heavy atom. The fraction of sp³-hybridized carbons (Fsp3) is 0.125. The first kappa shape index (κ1) is 15.2. The van der Waals surface area contributed by atoms with Crippen LogP contribution in [-0.2, 0) is 4.79 Å². The molecule has 0 aliphatic rings. The Morgan fingerprint density at radius 3 is 2.83 bits per heavy atom. The van der Waals surface area contributed by atoms with Crippen molar-refractivity contribution in [2.75, 3.05) is 13.7 Å². The molecule has 0 aliphatic heterocycles. The molecule has 0 fully saturated rings. The van der Waals surface area contributed by atoms with Crippen LogP contribution in [0.25, 0.3) is 22.4 Å². The number of H-pyrrole nitrogens is 1. The van der Waals surface area contributed by atoms with Gasteiger partial charge in [-0.15, -0.1) is 0 Å². The molecule has 0 bridgehead atoms. The van der Waals surface area contributed by atoms with Gasteiger partial charge in [0, 0.05) is 11.1 Å². The molecular weight excluding hydrogens is 320 g/mol. The molecule has 2 N–H and O–H groups in total. The van der Waals surface area contributed by atoms with Gasteiger partial charge in [0.15, 0.2) is 18.1 Å². The average molecular weight is 333 g/mol. The Balaban J connectivity index is 2.15. The molecule has 1 aromatic heterocycles. The molecule has 0 atom stereocenters. The van der Waals surface area contributed by atoms with Crippen molar-refractivity contribution in [1.82, 2.24) is 9.97 Å². The van der Waals surface area contributed by atoms with Gasteiger partial charge in [0.25, 0.3) is 0 Å². The number of aromatic nitrogens is 2. The molecule has 0 saturated heterocycles. The first-order valence-corrected chi connectivity index (χ1v) is 7.13. The maximum absolute atomic E-state index is 10.8. The lowest BCUT2D eigenvalue weighted by Crippen LogP contribution is -2.11. The molecule has 118 valence electrons. The van der Waals surface area contributed by atoms with Crippen LogP contribution in [-0.4, -0.2) is 34.8 Å². The largest absolute Gasteiger partial charge is 0.493 e. The van der Waals surface area contributed by atoms with Gasteiger partial charge in [-0.2, -0.15) is 0 Å². The summed E-state index contributed by atoms with van der Waals surface area (Å²) in [5, 5.41) is 9.28. The van der Waals surface area contributed by atoms with Crippen LogP contribution in [0.5, 0.6) is 11.5 Å². The Kier molecular flexibility index (Phi) is 4.08. The SMILES string of the molecule is COc1cc(Cl)cc(-c2nc3ccccc3[nH]2)c1OCC(=O)O. The van der Waals surface area contributed by atoms with Crippen LogP contribution in [0.15, 0.2) is 36.4 Å². The van der Waals surface area contributed by atoms with Gasteiger partial charge in [0.2, 0.25) is 0 Å². The van der Waals surface area contributed by atoms with Crippen LogP contribution in [0.1, 0.15) is 0 Å². The summed E-state index contributed by atoms with van der Waals surface area (Å²) in [5.74, 6) is 0.0533. The lowest BCUT2D eigenvalue weighted by molar-refractivity contribution is -0.139. The second-order valence-corrected chi connectivity index (χ2v) is 5.21. The third-order valence-electron chi connectivity index (χ3n) is 3.22. The highest BCUT2D eigenvalue weighted by Gasteiger charge is 2.18. The fourth-order valence-corrected chi connectivity index (χ4v) is 2.47. The van der Waals surface area contributed by atoms with Gasteiger partial charge < -0.3 is 19.6 Å². The number of carboxylic acid groups (broad SMARTS) is 1. The maximum Gasteiger partial charge on any atom is 0.341 e. The van der Waals surface area contributed by atoms with E-state index < -0.39 is 12.6 Å². The van der Waals surface area contributed by atoms with E-state index in [0.717, 1.165) is 11.0 Å². The predicted octanol–water partition coefficient (Wildman–Crippen LogP) is 3.36. The Bertz CT molecular complexity index is 843. The molecule has 0 saturated carbocycles. The number of para-hydroxylation sites is 2. The molecule has 7 heteroatoms. The predicted molar refractivity (Wildman–Crippen MR) is 86.2 cm³/mol. The van der Waals surface area contributed by atoms with Gasteiger partial charge >= 0.3 is 5.97 Å². The number of imidazole rings is 1. The van der Waals surface area contributed by atoms with E-state index in [0.29, 0.717) is 22.2 Å². The summed E-state index contributed by atoms with van der Waals surface area (Å²) in [6.07, 6.45) is 0. The van der Waals surface area contributed by atoms with E-state index in [-0.39, 0.29) is 5.75 Å². The zero-order chi connectivity index (χ0) is 16.4. The number of halogens is 1. The van der Waals surface area contributed by atoms with E-state index >= 15 is 0 Å². The summed E-state index contributed by atoms with van der Waals surface area (Å²) >= 11 is 6.12. The number of carboxylic acids is 1. The number of aliphatic carboxylic acids is 1. The smallest absolute Gasteiger partial charge is 0.341 e. The quantitative estimate of drug-likeness (QED) is 0.748. The van der Waals surface area contributed by atoms with Gasteiger partial charge in [-0.05, 0) is 18.2 Å². The van der Waals surface area contributed by atoms with Crippen LogP contribution >= 0.6 is 11.6 Å². The Hall–Kier alpha value is -2.73. The number of ether oxygens (including phenoxy) is 2. The van der Waals surface area contributed by atoms with Gasteiger partial charge in [-0.1, -0.05) is 23.7 Å². The van der Waals surface area contributed by atoms with Gasteiger partial charge in [0.05, 0.1) is 23.7 Å². The van der Waals surface area contributed by atoms with E-state index in [1.54, 1.807) is 12.1 Å². The van der Waals surface area contributed by atoms with Crippen LogP contribution in [0, 0.1) is 0 Å². The number of hydrogen-bond acceptors (Lipinski definition) is 4. The number of nitrogens with zero attached hydrogens (tertiary/aromatic N) is 1. The molecule has 2 aromatic carbocycles. The number of carbonyl (C=O) groups is 1. The van der Waals surface area contributed by atoms with Gasteiger partial charge in [0.1, 0.15) is 5.82 Å². The van der Waals surface area contributed by atoms with E-state index in [1.807, 2.05) is 24.3 Å². The van der Waals surface area contributed by atoms with E-state index in [2.05, 4.69) is 9.97 Å². The highest BCUT2D eigenvalue weighted by Crippen LogP contribution is 2.40. The summed E-state index contributed by atoms with van der Waals surface area (Å²) in [6, 6.07) is 10.8. The molecular formula is C16H13ClN2O4. The Morgan fingerprint density at radius 1 is 1.35 bits per heavy atom. The molecule has 1 heterocycles. The van der Waals surface area contributed by atoms with E-state index in [1.165, 1.54) is 7.11 Å². The minimum absolute atomic E-state index is 0.276. The first-order chi connectivity index (χ1) is 11.1. The van der Waals surface area contributed by atoms with Crippen molar-refractivity contribution < 1.29 is 19.4 Å². The molecule has 0 radical (unpaired) electrons. The van der Waals surface area contributed by atoms with Crippen molar-refractivity contribution in [2.24, 2.45) is 0 Å². The van der Waals surface area contributed by atoms with Crippen LogP contribution < -0.4 is 9.47 Å². The number of aromatic amines is 1. The molecule has 0 aliphatic carbocycles. The summed E-state index contributed by atoms with van der Waals surface area (Å²) in [4.78, 5) is 18.5. The average Bonchev–Trinajstić information content (AvgIpc) is 2.96. The zero-order valence-corrected chi connectivity index (χ0v) is 12.9. The molecule has 3 aromatic rings. The normalized spacial score (nSPS) is 10.7. The van der Waals surface area contributed by atoms with Crippen molar-refractivity contribution in [3.8, 4) is 22.9 Å². The molecule has 0 amide bonds. The van der Waals surface area contributed by atoms with Crippen molar-refractivity contribution in [1.29, 1.82) is 0 Å². The minimum atomic E-state index is -1.09. The van der Waals surface area contributed by atoms with Crippen LogP contribution in [0.3, 0.4) is 0 Å². The van der Waals surface area contributed by atoms with Gasteiger partial charge in [-0.3, -0.25) is 0 Å². The molecule has 0 spiro atoms. The molecule has 23 heavy (non-hydrogen) atoms. The number of methoxy groups -OCH3 is 1. The van der Waals surface area contributed by atoms with E-state index in [4.69, 9.17) is 26.2 Å². The summed E-state index contributed by atoms with van der Waals surface area (Å²) < 4.78 is 10.6. The lowest BCUT2D eigenvalue weighted by Gasteiger charge is -2.13. The summed E-state index contributed by atoms with van der Waals surface area (Å²) in [6.45, 7) is -0.495. The molecule has 3 rings (SSSR count). The van der Waals surface area contributed by atoms with Crippen LogP contribution in [0.4, 0.5) is 0 Å². The monoisotopic (exact) mass is 332 g/mol. The zero-order valence-electron chi connectivity index (χ0n) is 12.2. The number of hydrogen-bond donors (Lipinski definition) is 2. The lowest BCUT2D eigenvalue weighted by atomic mass is 10.1. The second-order valence-electron chi connectivity index (χ2n) is 4.77. The highest BCUT2D eigenvalue weighted by molar-refractivity contribution is 6.31. The minimum Gasteiger partial charge on any atom is -0.493 e. The third kappa shape index (κ3) is 3.07. The number of fused-ring (bicyclic) bond motifs is 1. The molecule has 6 nitrogen and oxygen atoms in total. The summed E-state index contributed by atoms with van der Waals surface area (Å²) in [7, 11) is 1.46. The number of nitrogens with one attached hydrogen (secondary N) is 1. The third-order valence-corrected chi connectivity index (χ3v) is 3.44. The van der Waals surface area contributed by atoms with Gasteiger partial charge in [-0.25, -0.2) is 9.78 Å².